The molecule has 2 amide bonds. The molecule has 0 saturated heterocycles. The molecular formula is C26H29Cl2N5O4. The average molecular weight is 546 g/mol. The Bertz CT molecular complexity index is 1300. The Morgan fingerprint density at radius 1 is 1.08 bits per heavy atom. The first-order chi connectivity index (χ1) is 17.4. The number of nitrogens with one attached hydrogen (secondary N) is 1. The Morgan fingerprint density at radius 2 is 1.76 bits per heavy atom. The van der Waals surface area contributed by atoms with Gasteiger partial charge in [0, 0.05) is 35.7 Å². The van der Waals surface area contributed by atoms with E-state index in [2.05, 4.69) is 10.4 Å². The number of hydrogen-bond acceptors (Lipinski definition) is 5. The second kappa shape index (κ2) is 11.7. The summed E-state index contributed by atoms with van der Waals surface area (Å²) in [5.74, 6) is -0.369. The second-order valence-electron chi connectivity index (χ2n) is 9.61. The minimum atomic E-state index is -0.528. The van der Waals surface area contributed by atoms with Gasteiger partial charge in [0.1, 0.15) is 12.4 Å². The van der Waals surface area contributed by atoms with Crippen LogP contribution in [0.4, 0.5) is 11.5 Å². The van der Waals surface area contributed by atoms with Crippen LogP contribution in [-0.2, 0) is 10.2 Å². The molecule has 0 saturated carbocycles. The Labute approximate surface area is 225 Å². The van der Waals surface area contributed by atoms with E-state index in [-0.39, 0.29) is 29.1 Å². The van der Waals surface area contributed by atoms with Gasteiger partial charge in [0.15, 0.2) is 0 Å². The normalized spacial score (nSPS) is 11.3. The van der Waals surface area contributed by atoms with Crippen molar-refractivity contribution in [1.29, 1.82) is 0 Å². The van der Waals surface area contributed by atoms with Crippen molar-refractivity contribution in [2.75, 3.05) is 18.4 Å². The van der Waals surface area contributed by atoms with Gasteiger partial charge in [-0.05, 0) is 36.8 Å². The van der Waals surface area contributed by atoms with Crippen molar-refractivity contribution in [3.05, 3.63) is 79.9 Å². The summed E-state index contributed by atoms with van der Waals surface area (Å²) in [7, 11) is 0. The summed E-state index contributed by atoms with van der Waals surface area (Å²) in [4.78, 5) is 38.1. The summed E-state index contributed by atoms with van der Waals surface area (Å²) in [5.41, 5.74) is 1.23. The maximum Gasteiger partial charge on any atom is 0.269 e. The van der Waals surface area contributed by atoms with Crippen molar-refractivity contribution in [3.8, 4) is 5.69 Å². The molecule has 0 spiro atoms. The number of carbonyl (C=O) groups excluding carboxylic acids is 2. The molecule has 0 atom stereocenters. The van der Waals surface area contributed by atoms with E-state index in [1.807, 2.05) is 27.7 Å². The van der Waals surface area contributed by atoms with Gasteiger partial charge in [-0.15, -0.1) is 0 Å². The number of non-ortho nitro benzene ring substituents is 1. The number of unbranched alkanes of at least 4 members (excludes halogenated alkanes) is 1. The lowest BCUT2D eigenvalue weighted by Gasteiger charge is -2.22. The van der Waals surface area contributed by atoms with Crippen molar-refractivity contribution in [3.63, 3.8) is 0 Å². The molecule has 0 radical (unpaired) electrons. The third kappa shape index (κ3) is 7.08. The molecule has 0 fully saturated rings. The quantitative estimate of drug-likeness (QED) is 0.251. The molecule has 0 bridgehead atoms. The fraction of sp³-hybridized carbons (Fsp3) is 0.346. The maximum absolute atomic E-state index is 13.1. The second-order valence-corrected chi connectivity index (χ2v) is 10.4. The Morgan fingerprint density at radius 3 is 2.32 bits per heavy atom. The SMILES string of the molecule is CCCCN(CC(=O)Nc1cc(C(C)(C)C)nn1-c1ccc(Cl)c(Cl)c1)C(=O)c1ccc([N+](=O)[O-])cc1. The van der Waals surface area contributed by atoms with Gasteiger partial charge in [0.2, 0.25) is 5.91 Å². The van der Waals surface area contributed by atoms with Crippen LogP contribution in [0.3, 0.4) is 0 Å². The van der Waals surface area contributed by atoms with Crippen LogP contribution in [-0.4, -0.2) is 44.5 Å². The summed E-state index contributed by atoms with van der Waals surface area (Å²) in [5, 5.41) is 19.2. The van der Waals surface area contributed by atoms with Crippen molar-refractivity contribution in [1.82, 2.24) is 14.7 Å². The molecule has 0 unspecified atom stereocenters. The fourth-order valence-corrected chi connectivity index (χ4v) is 3.81. The third-order valence-electron chi connectivity index (χ3n) is 5.62. The van der Waals surface area contributed by atoms with E-state index in [9.17, 15) is 19.7 Å². The van der Waals surface area contributed by atoms with Crippen molar-refractivity contribution in [2.24, 2.45) is 0 Å². The van der Waals surface area contributed by atoms with E-state index >= 15 is 0 Å². The molecule has 1 heterocycles. The number of hydrogen-bond donors (Lipinski definition) is 1. The van der Waals surface area contributed by atoms with Crippen LogP contribution in [0.25, 0.3) is 5.69 Å². The van der Waals surface area contributed by atoms with Crippen LogP contribution >= 0.6 is 23.2 Å². The van der Waals surface area contributed by atoms with E-state index in [4.69, 9.17) is 23.2 Å². The van der Waals surface area contributed by atoms with Crippen LogP contribution in [0.5, 0.6) is 0 Å². The van der Waals surface area contributed by atoms with E-state index in [0.29, 0.717) is 34.5 Å². The van der Waals surface area contributed by atoms with E-state index in [1.54, 1.807) is 28.9 Å². The predicted octanol–water partition coefficient (Wildman–Crippen LogP) is 6.27. The minimum Gasteiger partial charge on any atom is -0.329 e. The highest BCUT2D eigenvalue weighted by atomic mass is 35.5. The van der Waals surface area contributed by atoms with Crippen LogP contribution < -0.4 is 5.32 Å². The number of nitrogens with zero attached hydrogens (tertiary/aromatic N) is 4. The van der Waals surface area contributed by atoms with Gasteiger partial charge >= 0.3 is 0 Å². The van der Waals surface area contributed by atoms with Crippen LogP contribution in [0.1, 0.15) is 56.6 Å². The zero-order chi connectivity index (χ0) is 27.3. The van der Waals surface area contributed by atoms with E-state index in [0.717, 1.165) is 12.1 Å². The van der Waals surface area contributed by atoms with E-state index < -0.39 is 10.8 Å². The van der Waals surface area contributed by atoms with Gasteiger partial charge < -0.3 is 10.2 Å². The van der Waals surface area contributed by atoms with Crippen molar-refractivity contribution >= 4 is 46.5 Å². The fourth-order valence-electron chi connectivity index (χ4n) is 3.52. The summed E-state index contributed by atoms with van der Waals surface area (Å²) in [6.07, 6.45) is 1.52. The number of rotatable bonds is 9. The zero-order valence-electron chi connectivity index (χ0n) is 21.1. The molecule has 9 nitrogen and oxygen atoms in total. The molecule has 11 heteroatoms. The summed E-state index contributed by atoms with van der Waals surface area (Å²) < 4.78 is 1.58. The average Bonchev–Trinajstić information content (AvgIpc) is 3.27. The molecule has 37 heavy (non-hydrogen) atoms. The third-order valence-corrected chi connectivity index (χ3v) is 6.36. The van der Waals surface area contributed by atoms with Crippen LogP contribution in [0.15, 0.2) is 48.5 Å². The molecule has 3 rings (SSSR count). The number of anilines is 1. The zero-order valence-corrected chi connectivity index (χ0v) is 22.6. The first-order valence-corrected chi connectivity index (χ1v) is 12.6. The lowest BCUT2D eigenvalue weighted by atomic mass is 9.92. The molecule has 196 valence electrons. The standard InChI is InChI=1S/C26H29Cl2N5O4/c1-5-6-13-31(25(35)17-7-9-18(10-8-17)33(36)37)16-24(34)29-23-15-22(26(2,3)4)30-32(23)19-11-12-20(27)21(28)14-19/h7-12,14-15H,5-6,13,16H2,1-4H3,(H,29,34). The van der Waals surface area contributed by atoms with Crippen LogP contribution in [0, 0.1) is 10.1 Å². The molecule has 0 aliphatic heterocycles. The first kappa shape index (κ1) is 28.1. The number of nitro benzene ring substituents is 1. The van der Waals surface area contributed by atoms with Gasteiger partial charge in [0.05, 0.1) is 26.3 Å². The summed E-state index contributed by atoms with van der Waals surface area (Å²) >= 11 is 12.3. The summed E-state index contributed by atoms with van der Waals surface area (Å²) in [6, 6.07) is 12.2. The number of amides is 2. The Kier molecular flexibility index (Phi) is 8.94. The van der Waals surface area contributed by atoms with Gasteiger partial charge in [-0.1, -0.05) is 57.3 Å². The number of nitro groups is 1. The largest absolute Gasteiger partial charge is 0.329 e. The molecule has 1 N–H and O–H groups in total. The smallest absolute Gasteiger partial charge is 0.269 e. The van der Waals surface area contributed by atoms with Crippen molar-refractivity contribution in [2.45, 2.75) is 46.0 Å². The van der Waals surface area contributed by atoms with Gasteiger partial charge in [-0.2, -0.15) is 5.10 Å². The first-order valence-electron chi connectivity index (χ1n) is 11.8. The molecule has 0 aliphatic rings. The van der Waals surface area contributed by atoms with Crippen LogP contribution in [0.2, 0.25) is 10.0 Å². The highest BCUT2D eigenvalue weighted by Crippen LogP contribution is 2.29. The number of halogens is 2. The lowest BCUT2D eigenvalue weighted by Crippen LogP contribution is -2.39. The van der Waals surface area contributed by atoms with Gasteiger partial charge in [-0.3, -0.25) is 19.7 Å². The molecule has 2 aromatic carbocycles. The summed E-state index contributed by atoms with van der Waals surface area (Å²) in [6.45, 7) is 8.17. The van der Waals surface area contributed by atoms with Crippen molar-refractivity contribution < 1.29 is 14.5 Å². The molecule has 3 aromatic rings. The number of carbonyl (C=O) groups is 2. The Hall–Kier alpha value is -3.43. The van der Waals surface area contributed by atoms with Gasteiger partial charge in [-0.25, -0.2) is 4.68 Å². The number of aromatic nitrogens is 2. The van der Waals surface area contributed by atoms with Gasteiger partial charge in [0.25, 0.3) is 11.6 Å². The molecule has 1 aromatic heterocycles. The predicted molar refractivity (Wildman–Crippen MR) is 145 cm³/mol. The highest BCUT2D eigenvalue weighted by Gasteiger charge is 2.24. The number of benzene rings is 2. The van der Waals surface area contributed by atoms with E-state index in [1.165, 1.54) is 29.2 Å². The Balaban J connectivity index is 1.86. The highest BCUT2D eigenvalue weighted by molar-refractivity contribution is 6.42. The topological polar surface area (TPSA) is 110 Å². The molecular weight excluding hydrogens is 517 g/mol. The lowest BCUT2D eigenvalue weighted by molar-refractivity contribution is -0.384. The molecule has 0 aliphatic carbocycles. The maximum atomic E-state index is 13.1. The monoisotopic (exact) mass is 545 g/mol. The minimum absolute atomic E-state index is 0.111.